The summed E-state index contributed by atoms with van der Waals surface area (Å²) in [5, 5.41) is 4.26. The van der Waals surface area contributed by atoms with Gasteiger partial charge in [0.15, 0.2) is 0 Å². The average molecular weight is 352 g/mol. The maximum Gasteiger partial charge on any atom is 0.258 e. The topological polar surface area (TPSA) is 64.2 Å². The third kappa shape index (κ3) is 3.36. The largest absolute Gasteiger partial charge is 0.365 e. The number of carbonyl (C=O) groups is 1. The van der Waals surface area contributed by atoms with E-state index < -0.39 is 0 Å². The smallest absolute Gasteiger partial charge is 0.258 e. The summed E-state index contributed by atoms with van der Waals surface area (Å²) in [6.07, 6.45) is 6.03. The molecule has 1 aliphatic heterocycles. The highest BCUT2D eigenvalue weighted by atomic mass is 32.1. The van der Waals surface area contributed by atoms with E-state index in [1.807, 2.05) is 23.0 Å². The van der Waals surface area contributed by atoms with E-state index in [0.717, 1.165) is 25.2 Å². The Labute approximate surface area is 150 Å². The standard InChI is InChI=1S/C19H20N4OS/c20-19(24)18-9-8-17(25-18)16-3-1-11-22(16)13-14-4-6-15(7-5-14)23-12-2-10-21-23/h2,4-10,12,16H,1,3,11,13H2,(H2,20,24)/t16-/m1/s1. The van der Waals surface area contributed by atoms with E-state index in [1.54, 1.807) is 6.20 Å². The number of thiophene rings is 1. The molecule has 0 aliphatic carbocycles. The number of hydrogen-bond acceptors (Lipinski definition) is 4. The van der Waals surface area contributed by atoms with E-state index in [2.05, 4.69) is 40.3 Å². The molecule has 0 unspecified atom stereocenters. The third-order valence-electron chi connectivity index (χ3n) is 4.65. The summed E-state index contributed by atoms with van der Waals surface area (Å²) >= 11 is 1.53. The van der Waals surface area contributed by atoms with Gasteiger partial charge in [0.25, 0.3) is 5.91 Å². The summed E-state index contributed by atoms with van der Waals surface area (Å²) in [5.41, 5.74) is 7.74. The van der Waals surface area contributed by atoms with Gasteiger partial charge in [-0.15, -0.1) is 11.3 Å². The lowest BCUT2D eigenvalue weighted by atomic mass is 10.1. The third-order valence-corrected chi connectivity index (χ3v) is 5.85. The monoisotopic (exact) mass is 352 g/mol. The normalized spacial score (nSPS) is 17.8. The molecular formula is C19H20N4OS. The van der Waals surface area contributed by atoms with Gasteiger partial charge in [-0.2, -0.15) is 5.10 Å². The van der Waals surface area contributed by atoms with Gasteiger partial charge in [-0.1, -0.05) is 12.1 Å². The van der Waals surface area contributed by atoms with Crippen LogP contribution in [0.2, 0.25) is 0 Å². The highest BCUT2D eigenvalue weighted by molar-refractivity contribution is 7.14. The minimum Gasteiger partial charge on any atom is -0.365 e. The van der Waals surface area contributed by atoms with Crippen molar-refractivity contribution in [2.75, 3.05) is 6.54 Å². The first kappa shape index (κ1) is 16.1. The molecule has 0 radical (unpaired) electrons. The van der Waals surface area contributed by atoms with Crippen molar-refractivity contribution >= 4 is 17.2 Å². The first-order valence-electron chi connectivity index (χ1n) is 8.43. The highest BCUT2D eigenvalue weighted by Crippen LogP contribution is 2.36. The molecule has 4 rings (SSSR count). The number of primary amides is 1. The summed E-state index contributed by atoms with van der Waals surface area (Å²) in [6, 6.07) is 14.7. The van der Waals surface area contributed by atoms with Crippen LogP contribution in [0.4, 0.5) is 0 Å². The Bertz CT molecular complexity index is 854. The van der Waals surface area contributed by atoms with Crippen molar-refractivity contribution in [1.29, 1.82) is 0 Å². The Morgan fingerprint density at radius 1 is 1.24 bits per heavy atom. The number of benzene rings is 1. The molecule has 1 aliphatic rings. The molecule has 0 spiro atoms. The van der Waals surface area contributed by atoms with Crippen LogP contribution in [0, 0.1) is 0 Å². The zero-order valence-corrected chi connectivity index (χ0v) is 14.7. The molecule has 0 bridgehead atoms. The number of likely N-dealkylation sites (tertiary alicyclic amines) is 1. The molecule has 128 valence electrons. The number of rotatable bonds is 5. The number of hydrogen-bond donors (Lipinski definition) is 1. The molecule has 2 N–H and O–H groups in total. The van der Waals surface area contributed by atoms with Crippen LogP contribution in [0.25, 0.3) is 5.69 Å². The van der Waals surface area contributed by atoms with E-state index >= 15 is 0 Å². The van der Waals surface area contributed by atoms with Crippen molar-refractivity contribution in [2.24, 2.45) is 5.73 Å². The highest BCUT2D eigenvalue weighted by Gasteiger charge is 2.27. The van der Waals surface area contributed by atoms with E-state index in [4.69, 9.17) is 5.73 Å². The zero-order chi connectivity index (χ0) is 17.2. The maximum atomic E-state index is 11.3. The van der Waals surface area contributed by atoms with Crippen LogP contribution < -0.4 is 5.73 Å². The molecule has 6 heteroatoms. The number of carbonyl (C=O) groups excluding carboxylic acids is 1. The summed E-state index contributed by atoms with van der Waals surface area (Å²) in [4.78, 5) is 15.7. The number of aromatic nitrogens is 2. The molecule has 1 aromatic carbocycles. The second-order valence-corrected chi connectivity index (χ2v) is 7.43. The van der Waals surface area contributed by atoms with Crippen LogP contribution in [-0.2, 0) is 6.54 Å². The first-order chi connectivity index (χ1) is 12.2. The zero-order valence-electron chi connectivity index (χ0n) is 13.8. The predicted octanol–water partition coefficient (Wildman–Crippen LogP) is 3.37. The van der Waals surface area contributed by atoms with Crippen LogP contribution in [0.3, 0.4) is 0 Å². The Balaban J connectivity index is 1.48. The van der Waals surface area contributed by atoms with Crippen LogP contribution in [0.15, 0.2) is 54.9 Å². The summed E-state index contributed by atoms with van der Waals surface area (Å²) in [5.74, 6) is -0.338. The maximum absolute atomic E-state index is 11.3. The quantitative estimate of drug-likeness (QED) is 0.766. The molecule has 3 aromatic rings. The van der Waals surface area contributed by atoms with E-state index in [0.29, 0.717) is 10.9 Å². The van der Waals surface area contributed by atoms with Gasteiger partial charge in [-0.3, -0.25) is 9.69 Å². The van der Waals surface area contributed by atoms with E-state index in [-0.39, 0.29) is 5.91 Å². The molecular weight excluding hydrogens is 332 g/mol. The second kappa shape index (κ2) is 6.82. The Hall–Kier alpha value is -2.44. The molecule has 3 heterocycles. The summed E-state index contributed by atoms with van der Waals surface area (Å²) < 4.78 is 1.86. The fourth-order valence-electron chi connectivity index (χ4n) is 3.41. The van der Waals surface area contributed by atoms with Crippen LogP contribution >= 0.6 is 11.3 Å². The second-order valence-electron chi connectivity index (χ2n) is 6.31. The van der Waals surface area contributed by atoms with Crippen molar-refractivity contribution in [3.05, 3.63) is 70.2 Å². The predicted molar refractivity (Wildman–Crippen MR) is 98.8 cm³/mol. The van der Waals surface area contributed by atoms with Gasteiger partial charge >= 0.3 is 0 Å². The van der Waals surface area contributed by atoms with E-state index in [9.17, 15) is 4.79 Å². The fourth-order valence-corrected chi connectivity index (χ4v) is 4.44. The fraction of sp³-hybridized carbons (Fsp3) is 0.263. The lowest BCUT2D eigenvalue weighted by Gasteiger charge is -2.23. The van der Waals surface area contributed by atoms with Crippen molar-refractivity contribution in [1.82, 2.24) is 14.7 Å². The summed E-state index contributed by atoms with van der Waals surface area (Å²) in [7, 11) is 0. The molecule has 2 aromatic heterocycles. The number of amides is 1. The van der Waals surface area contributed by atoms with Crippen LogP contribution in [0.1, 0.15) is 39.0 Å². The minimum atomic E-state index is -0.338. The van der Waals surface area contributed by atoms with Crippen molar-refractivity contribution in [3.8, 4) is 5.69 Å². The lowest BCUT2D eigenvalue weighted by Crippen LogP contribution is -2.22. The Morgan fingerprint density at radius 3 is 2.76 bits per heavy atom. The van der Waals surface area contributed by atoms with E-state index in [1.165, 1.54) is 28.2 Å². The van der Waals surface area contributed by atoms with Gasteiger partial charge in [0.2, 0.25) is 0 Å². The van der Waals surface area contributed by atoms with Gasteiger partial charge in [0, 0.05) is 29.9 Å². The van der Waals surface area contributed by atoms with Crippen LogP contribution in [0.5, 0.6) is 0 Å². The van der Waals surface area contributed by atoms with Gasteiger partial charge in [-0.25, -0.2) is 4.68 Å². The Kier molecular flexibility index (Phi) is 4.38. The van der Waals surface area contributed by atoms with Gasteiger partial charge in [0.1, 0.15) is 0 Å². The van der Waals surface area contributed by atoms with Crippen LogP contribution in [-0.4, -0.2) is 27.1 Å². The molecule has 0 saturated carbocycles. The van der Waals surface area contributed by atoms with Crippen molar-refractivity contribution in [2.45, 2.75) is 25.4 Å². The minimum absolute atomic E-state index is 0.338. The molecule has 1 saturated heterocycles. The SMILES string of the molecule is NC(=O)c1ccc([C@H]2CCCN2Cc2ccc(-n3cccn3)cc2)s1. The molecule has 1 atom stereocenters. The van der Waals surface area contributed by atoms with Gasteiger partial charge in [0.05, 0.1) is 10.6 Å². The number of nitrogens with two attached hydrogens (primary N) is 1. The number of nitrogens with zero attached hydrogens (tertiary/aromatic N) is 3. The van der Waals surface area contributed by atoms with Crippen molar-refractivity contribution in [3.63, 3.8) is 0 Å². The molecule has 25 heavy (non-hydrogen) atoms. The summed E-state index contributed by atoms with van der Waals surface area (Å²) in [6.45, 7) is 1.99. The first-order valence-corrected chi connectivity index (χ1v) is 9.25. The Morgan fingerprint density at radius 2 is 2.08 bits per heavy atom. The lowest BCUT2D eigenvalue weighted by molar-refractivity contribution is 0.100. The van der Waals surface area contributed by atoms with Crippen molar-refractivity contribution < 1.29 is 4.79 Å². The molecule has 5 nitrogen and oxygen atoms in total. The molecule has 1 fully saturated rings. The average Bonchev–Trinajstić information content (AvgIpc) is 3.36. The molecule has 1 amide bonds. The van der Waals surface area contributed by atoms with Gasteiger partial charge < -0.3 is 5.73 Å². The van der Waals surface area contributed by atoms with Gasteiger partial charge in [-0.05, 0) is 55.3 Å².